The molecule has 0 radical (unpaired) electrons. The number of rotatable bonds is 4. The minimum absolute atomic E-state index is 0.186. The third kappa shape index (κ3) is 3.04. The number of nitrogens with zero attached hydrogens (tertiary/aromatic N) is 2. The van der Waals surface area contributed by atoms with E-state index in [2.05, 4.69) is 20.8 Å². The van der Waals surface area contributed by atoms with Gasteiger partial charge in [0.15, 0.2) is 5.82 Å². The molecule has 5 nitrogen and oxygen atoms in total. The number of nitrogens with one attached hydrogen (secondary N) is 2. The molecule has 1 amide bonds. The maximum Gasteiger partial charge on any atom is 0.259 e. The Labute approximate surface area is 109 Å². The largest absolute Gasteiger partial charge is 0.382 e. The van der Waals surface area contributed by atoms with Gasteiger partial charge in [0.25, 0.3) is 5.91 Å². The molecule has 0 aliphatic rings. The standard InChI is InChI=1S/C13H13FN4O/c1-2-15-12-9(5-3-6-10(12)14)13(19)17-11-7-4-8-16-18-11/h3-8,15H,2H2,1H3,(H,17,18,19). The Hall–Kier alpha value is -2.50. The summed E-state index contributed by atoms with van der Waals surface area (Å²) in [5.41, 5.74) is 0.416. The van der Waals surface area contributed by atoms with E-state index in [0.717, 1.165) is 0 Å². The van der Waals surface area contributed by atoms with Crippen molar-refractivity contribution in [1.82, 2.24) is 10.2 Å². The fraction of sp³-hybridized carbons (Fsp3) is 0.154. The van der Waals surface area contributed by atoms with Crippen molar-refractivity contribution < 1.29 is 9.18 Å². The number of anilines is 2. The monoisotopic (exact) mass is 260 g/mol. The summed E-state index contributed by atoms with van der Waals surface area (Å²) in [6.45, 7) is 2.35. The van der Waals surface area contributed by atoms with Crippen LogP contribution in [-0.4, -0.2) is 22.6 Å². The van der Waals surface area contributed by atoms with Gasteiger partial charge in [-0.1, -0.05) is 6.07 Å². The van der Waals surface area contributed by atoms with Crippen LogP contribution in [0.1, 0.15) is 17.3 Å². The smallest absolute Gasteiger partial charge is 0.259 e. The third-order valence-corrected chi connectivity index (χ3v) is 2.43. The van der Waals surface area contributed by atoms with E-state index in [0.29, 0.717) is 12.4 Å². The van der Waals surface area contributed by atoms with Crippen molar-refractivity contribution in [3.05, 3.63) is 47.9 Å². The van der Waals surface area contributed by atoms with Crippen LogP contribution in [0, 0.1) is 5.82 Å². The molecule has 2 aromatic rings. The Balaban J connectivity index is 2.26. The fourth-order valence-corrected chi connectivity index (χ4v) is 1.62. The topological polar surface area (TPSA) is 66.9 Å². The van der Waals surface area contributed by atoms with Crippen LogP contribution in [0.15, 0.2) is 36.5 Å². The number of hydrogen-bond donors (Lipinski definition) is 2. The lowest BCUT2D eigenvalue weighted by molar-refractivity contribution is 0.102. The lowest BCUT2D eigenvalue weighted by atomic mass is 10.1. The van der Waals surface area contributed by atoms with Crippen molar-refractivity contribution in [3.63, 3.8) is 0 Å². The Kier molecular flexibility index (Phi) is 4.02. The van der Waals surface area contributed by atoms with Crippen LogP contribution in [-0.2, 0) is 0 Å². The molecule has 6 heteroatoms. The van der Waals surface area contributed by atoms with Gasteiger partial charge >= 0.3 is 0 Å². The average Bonchev–Trinajstić information content (AvgIpc) is 2.42. The Morgan fingerprint density at radius 1 is 1.32 bits per heavy atom. The zero-order valence-electron chi connectivity index (χ0n) is 10.4. The summed E-state index contributed by atoms with van der Waals surface area (Å²) in [6.07, 6.45) is 1.50. The Morgan fingerprint density at radius 3 is 2.84 bits per heavy atom. The molecule has 0 bridgehead atoms. The third-order valence-electron chi connectivity index (χ3n) is 2.43. The van der Waals surface area contributed by atoms with Gasteiger partial charge in [0.1, 0.15) is 5.82 Å². The van der Waals surface area contributed by atoms with Crippen LogP contribution in [0.4, 0.5) is 15.9 Å². The Bertz CT molecular complexity index is 574. The molecule has 0 fully saturated rings. The molecule has 0 aliphatic heterocycles. The molecule has 0 saturated carbocycles. The van der Waals surface area contributed by atoms with Gasteiger partial charge in [0.2, 0.25) is 0 Å². The van der Waals surface area contributed by atoms with E-state index in [9.17, 15) is 9.18 Å². The summed E-state index contributed by atoms with van der Waals surface area (Å²) in [6, 6.07) is 7.60. The number of para-hydroxylation sites is 1. The predicted octanol–water partition coefficient (Wildman–Crippen LogP) is 2.30. The van der Waals surface area contributed by atoms with Gasteiger partial charge in [-0.25, -0.2) is 4.39 Å². The summed E-state index contributed by atoms with van der Waals surface area (Å²) >= 11 is 0. The van der Waals surface area contributed by atoms with Crippen LogP contribution in [0.25, 0.3) is 0 Å². The first-order valence-corrected chi connectivity index (χ1v) is 5.83. The summed E-state index contributed by atoms with van der Waals surface area (Å²) in [5.74, 6) is -0.580. The van der Waals surface area contributed by atoms with Gasteiger partial charge in [-0.05, 0) is 31.2 Å². The van der Waals surface area contributed by atoms with E-state index >= 15 is 0 Å². The quantitative estimate of drug-likeness (QED) is 0.885. The lowest BCUT2D eigenvalue weighted by Gasteiger charge is -2.11. The number of amides is 1. The van der Waals surface area contributed by atoms with Crippen LogP contribution in [0.5, 0.6) is 0 Å². The van der Waals surface area contributed by atoms with Gasteiger partial charge in [0.05, 0.1) is 11.3 Å². The van der Waals surface area contributed by atoms with Crippen molar-refractivity contribution in [2.45, 2.75) is 6.92 Å². The number of halogens is 1. The first-order chi connectivity index (χ1) is 9.22. The molecular formula is C13H13FN4O. The minimum Gasteiger partial charge on any atom is -0.382 e. The molecule has 2 rings (SSSR count). The summed E-state index contributed by atoms with van der Waals surface area (Å²) in [7, 11) is 0. The van der Waals surface area contributed by atoms with Crippen molar-refractivity contribution in [2.75, 3.05) is 17.2 Å². The van der Waals surface area contributed by atoms with Gasteiger partial charge in [-0.2, -0.15) is 5.10 Å². The number of hydrogen-bond acceptors (Lipinski definition) is 4. The van der Waals surface area contributed by atoms with E-state index in [1.807, 2.05) is 6.92 Å². The fourth-order valence-electron chi connectivity index (χ4n) is 1.62. The molecule has 0 spiro atoms. The molecule has 1 heterocycles. The van der Waals surface area contributed by atoms with Gasteiger partial charge in [0, 0.05) is 12.7 Å². The van der Waals surface area contributed by atoms with Gasteiger partial charge in [-0.15, -0.1) is 5.10 Å². The van der Waals surface area contributed by atoms with Crippen LogP contribution < -0.4 is 10.6 Å². The maximum atomic E-state index is 13.7. The molecule has 0 unspecified atom stereocenters. The first kappa shape index (κ1) is 12.9. The summed E-state index contributed by atoms with van der Waals surface area (Å²) < 4.78 is 13.7. The molecule has 1 aromatic heterocycles. The van der Waals surface area contributed by atoms with Gasteiger partial charge in [-0.3, -0.25) is 4.79 Å². The molecule has 1 aromatic carbocycles. The Morgan fingerprint density at radius 2 is 2.16 bits per heavy atom. The SMILES string of the molecule is CCNc1c(F)cccc1C(=O)Nc1cccnn1. The highest BCUT2D eigenvalue weighted by atomic mass is 19.1. The number of benzene rings is 1. The molecule has 0 aliphatic carbocycles. The highest BCUT2D eigenvalue weighted by molar-refractivity contribution is 6.07. The lowest BCUT2D eigenvalue weighted by Crippen LogP contribution is -2.16. The minimum atomic E-state index is -0.464. The molecule has 98 valence electrons. The second kappa shape index (κ2) is 5.90. The van der Waals surface area contributed by atoms with Crippen LogP contribution >= 0.6 is 0 Å². The van der Waals surface area contributed by atoms with E-state index < -0.39 is 11.7 Å². The summed E-state index contributed by atoms with van der Waals surface area (Å²) in [4.78, 5) is 12.1. The van der Waals surface area contributed by atoms with E-state index in [1.165, 1.54) is 18.3 Å². The number of aromatic nitrogens is 2. The molecule has 19 heavy (non-hydrogen) atoms. The van der Waals surface area contributed by atoms with Gasteiger partial charge < -0.3 is 10.6 Å². The zero-order chi connectivity index (χ0) is 13.7. The first-order valence-electron chi connectivity index (χ1n) is 5.83. The zero-order valence-corrected chi connectivity index (χ0v) is 10.4. The molecular weight excluding hydrogens is 247 g/mol. The average molecular weight is 260 g/mol. The normalized spacial score (nSPS) is 10.0. The number of carbonyl (C=O) groups is 1. The van der Waals surface area contributed by atoms with Crippen molar-refractivity contribution in [2.24, 2.45) is 0 Å². The maximum absolute atomic E-state index is 13.7. The second-order valence-electron chi connectivity index (χ2n) is 3.76. The van der Waals surface area contributed by atoms with Crippen LogP contribution in [0.3, 0.4) is 0 Å². The molecule has 0 saturated heterocycles. The van der Waals surface area contributed by atoms with E-state index in [4.69, 9.17) is 0 Å². The van der Waals surface area contributed by atoms with Crippen LogP contribution in [0.2, 0.25) is 0 Å². The molecule has 2 N–H and O–H groups in total. The van der Waals surface area contributed by atoms with Crippen molar-refractivity contribution >= 4 is 17.4 Å². The molecule has 0 atom stereocenters. The van der Waals surface area contributed by atoms with E-state index in [-0.39, 0.29) is 11.3 Å². The highest BCUT2D eigenvalue weighted by Gasteiger charge is 2.15. The summed E-state index contributed by atoms with van der Waals surface area (Å²) in [5, 5.41) is 12.8. The number of carbonyl (C=O) groups excluding carboxylic acids is 1. The van der Waals surface area contributed by atoms with E-state index in [1.54, 1.807) is 18.2 Å². The predicted molar refractivity (Wildman–Crippen MR) is 70.5 cm³/mol. The van der Waals surface area contributed by atoms with Crippen molar-refractivity contribution in [1.29, 1.82) is 0 Å². The second-order valence-corrected chi connectivity index (χ2v) is 3.76. The highest BCUT2D eigenvalue weighted by Crippen LogP contribution is 2.20. The van der Waals surface area contributed by atoms with Crippen molar-refractivity contribution in [3.8, 4) is 0 Å².